The average Bonchev–Trinajstić information content (AvgIpc) is 2.84. The maximum absolute atomic E-state index is 13.2. The number of amides is 3. The van der Waals surface area contributed by atoms with E-state index in [1.807, 2.05) is 0 Å². The number of urea groups is 1. The summed E-state index contributed by atoms with van der Waals surface area (Å²) in [5, 5.41) is 18.1. The molecule has 2 rings (SSSR count). The third-order valence-electron chi connectivity index (χ3n) is 6.97. The van der Waals surface area contributed by atoms with Crippen molar-refractivity contribution in [2.45, 2.75) is 72.2 Å². The lowest BCUT2D eigenvalue weighted by molar-refractivity contribution is -0.948. The molecule has 0 aliphatic heterocycles. The Balaban J connectivity index is 2.08. The number of anilines is 1. The van der Waals surface area contributed by atoms with Crippen molar-refractivity contribution in [1.29, 1.82) is 0 Å². The van der Waals surface area contributed by atoms with Crippen LogP contribution in [0.25, 0.3) is 0 Å². The molecule has 0 saturated carbocycles. The molecule has 0 aromatic heterocycles. The van der Waals surface area contributed by atoms with Gasteiger partial charge in [0.25, 0.3) is 0 Å². The SMILES string of the molecule is CC(C)OC(=O)c1ccc(NC(=O)N[C@@H](Cc2ccc(O)cc2)C(=O)NCC[N+](C)(C(C)C)C(C)C)cc1. The van der Waals surface area contributed by atoms with Gasteiger partial charge in [-0.3, -0.25) is 4.79 Å². The van der Waals surface area contributed by atoms with E-state index in [9.17, 15) is 19.5 Å². The number of likely N-dealkylation sites (N-methyl/N-ethyl adjacent to an activating group) is 1. The first-order valence-corrected chi connectivity index (χ1v) is 13.1. The topological polar surface area (TPSA) is 117 Å². The molecule has 2 aromatic rings. The third-order valence-corrected chi connectivity index (χ3v) is 6.97. The fourth-order valence-electron chi connectivity index (χ4n) is 4.03. The fourth-order valence-corrected chi connectivity index (χ4v) is 4.03. The monoisotopic (exact) mass is 527 g/mol. The lowest BCUT2D eigenvalue weighted by Gasteiger charge is -2.42. The van der Waals surface area contributed by atoms with E-state index < -0.39 is 18.0 Å². The van der Waals surface area contributed by atoms with E-state index in [1.165, 1.54) is 0 Å². The number of benzene rings is 2. The number of ether oxygens (including phenoxy) is 1. The van der Waals surface area contributed by atoms with E-state index in [4.69, 9.17) is 4.74 Å². The van der Waals surface area contributed by atoms with Gasteiger partial charge in [0.05, 0.1) is 43.9 Å². The van der Waals surface area contributed by atoms with E-state index in [2.05, 4.69) is 50.7 Å². The molecule has 9 nitrogen and oxygen atoms in total. The van der Waals surface area contributed by atoms with Crippen LogP contribution >= 0.6 is 0 Å². The minimum Gasteiger partial charge on any atom is -0.508 e. The largest absolute Gasteiger partial charge is 0.508 e. The van der Waals surface area contributed by atoms with Crippen molar-refractivity contribution < 1.29 is 28.7 Å². The quantitative estimate of drug-likeness (QED) is 0.245. The second kappa shape index (κ2) is 13.8. The van der Waals surface area contributed by atoms with Crippen molar-refractivity contribution in [3.05, 3.63) is 59.7 Å². The number of esters is 1. The van der Waals surface area contributed by atoms with Gasteiger partial charge in [0.1, 0.15) is 11.8 Å². The van der Waals surface area contributed by atoms with Gasteiger partial charge in [-0.2, -0.15) is 0 Å². The Bertz CT molecular complexity index is 1060. The maximum atomic E-state index is 13.2. The molecule has 0 saturated heterocycles. The van der Waals surface area contributed by atoms with Crippen LogP contribution in [0, 0.1) is 0 Å². The predicted molar refractivity (Wildman–Crippen MR) is 149 cm³/mol. The summed E-state index contributed by atoms with van der Waals surface area (Å²) in [6.07, 6.45) is 0.0196. The molecule has 0 radical (unpaired) electrons. The number of phenolic OH excluding ortho intramolecular Hbond substituents is 1. The molecule has 4 N–H and O–H groups in total. The maximum Gasteiger partial charge on any atom is 0.338 e. The van der Waals surface area contributed by atoms with Crippen molar-refractivity contribution in [3.63, 3.8) is 0 Å². The van der Waals surface area contributed by atoms with E-state index >= 15 is 0 Å². The molecule has 0 unspecified atom stereocenters. The molecule has 38 heavy (non-hydrogen) atoms. The van der Waals surface area contributed by atoms with Gasteiger partial charge < -0.3 is 30.3 Å². The standard InChI is InChI=1S/C29H42N4O5/c1-19(2)33(7,20(3)4)17-16-30-27(35)26(18-22-8-14-25(34)15-9-22)32-29(37)31-24-12-10-23(11-13-24)28(36)38-21(5)6/h8-15,19-21,26H,16-18H2,1-7H3,(H3-,30,31,32,34,35,36,37)/p+1/t26-/m0/s1. The van der Waals surface area contributed by atoms with Gasteiger partial charge in [0.15, 0.2) is 0 Å². The summed E-state index contributed by atoms with van der Waals surface area (Å²) in [7, 11) is 2.18. The second-order valence-corrected chi connectivity index (χ2v) is 10.6. The number of quaternary nitrogens is 1. The number of aromatic hydroxyl groups is 1. The molecular weight excluding hydrogens is 484 g/mol. The molecule has 9 heteroatoms. The first kappa shape index (κ1) is 30.6. The van der Waals surface area contributed by atoms with Gasteiger partial charge in [-0.15, -0.1) is 0 Å². The highest BCUT2D eigenvalue weighted by molar-refractivity contribution is 5.95. The van der Waals surface area contributed by atoms with E-state index in [0.29, 0.717) is 29.9 Å². The first-order valence-electron chi connectivity index (χ1n) is 13.1. The third kappa shape index (κ3) is 9.06. The van der Waals surface area contributed by atoms with Crippen molar-refractivity contribution in [2.24, 2.45) is 0 Å². The lowest BCUT2D eigenvalue weighted by Crippen LogP contribution is -2.58. The molecular formula is C29H43N4O5+. The molecule has 0 fully saturated rings. The minimum atomic E-state index is -0.836. The van der Waals surface area contributed by atoms with Crippen LogP contribution in [0.5, 0.6) is 5.75 Å². The summed E-state index contributed by atoms with van der Waals surface area (Å²) in [6.45, 7) is 13.4. The van der Waals surface area contributed by atoms with E-state index in [1.54, 1.807) is 62.4 Å². The number of nitrogens with one attached hydrogen (secondary N) is 3. The Kier molecular flexibility index (Phi) is 11.1. The van der Waals surface area contributed by atoms with Crippen LogP contribution in [-0.2, 0) is 16.0 Å². The van der Waals surface area contributed by atoms with Gasteiger partial charge >= 0.3 is 12.0 Å². The molecule has 208 valence electrons. The normalized spacial score (nSPS) is 12.4. The molecule has 0 bridgehead atoms. The van der Waals surface area contributed by atoms with Gasteiger partial charge in [-0.1, -0.05) is 12.1 Å². The highest BCUT2D eigenvalue weighted by Crippen LogP contribution is 2.16. The van der Waals surface area contributed by atoms with Crippen LogP contribution in [0.15, 0.2) is 48.5 Å². The van der Waals surface area contributed by atoms with Crippen LogP contribution in [0.3, 0.4) is 0 Å². The highest BCUT2D eigenvalue weighted by Gasteiger charge is 2.30. The van der Waals surface area contributed by atoms with Crippen LogP contribution in [-0.4, -0.2) is 71.9 Å². The number of rotatable bonds is 12. The van der Waals surface area contributed by atoms with E-state index in [-0.39, 0.29) is 24.2 Å². The predicted octanol–water partition coefficient (Wildman–Crippen LogP) is 4.07. The number of carbonyl (C=O) groups is 3. The fraction of sp³-hybridized carbons (Fsp3) is 0.483. The first-order chi connectivity index (χ1) is 17.8. The minimum absolute atomic E-state index is 0.126. The zero-order valence-electron chi connectivity index (χ0n) is 23.6. The van der Waals surface area contributed by atoms with Crippen LogP contribution < -0.4 is 16.0 Å². The number of carbonyl (C=O) groups excluding carboxylic acids is 3. The molecule has 0 spiro atoms. The second-order valence-electron chi connectivity index (χ2n) is 10.6. The number of hydrogen-bond donors (Lipinski definition) is 4. The zero-order valence-corrected chi connectivity index (χ0v) is 23.6. The molecule has 1 atom stereocenters. The summed E-state index contributed by atoms with van der Waals surface area (Å²) in [6, 6.07) is 12.3. The number of nitrogens with zero attached hydrogens (tertiary/aromatic N) is 1. The Morgan fingerprint density at radius 1 is 0.895 bits per heavy atom. The van der Waals surface area contributed by atoms with Crippen LogP contribution in [0.2, 0.25) is 0 Å². The smallest absolute Gasteiger partial charge is 0.338 e. The van der Waals surface area contributed by atoms with Crippen molar-refractivity contribution in [2.75, 3.05) is 25.5 Å². The van der Waals surface area contributed by atoms with Gasteiger partial charge in [0, 0.05) is 12.1 Å². The Morgan fingerprint density at radius 3 is 2.00 bits per heavy atom. The van der Waals surface area contributed by atoms with Crippen molar-refractivity contribution in [1.82, 2.24) is 10.6 Å². The van der Waals surface area contributed by atoms with Crippen LogP contribution in [0.4, 0.5) is 10.5 Å². The average molecular weight is 528 g/mol. The molecule has 0 heterocycles. The van der Waals surface area contributed by atoms with Crippen molar-refractivity contribution >= 4 is 23.6 Å². The van der Waals surface area contributed by atoms with Gasteiger partial charge in [0.2, 0.25) is 5.91 Å². The number of phenols is 1. The summed E-state index contributed by atoms with van der Waals surface area (Å²) < 4.78 is 5.98. The van der Waals surface area contributed by atoms with E-state index in [0.717, 1.165) is 16.6 Å². The lowest BCUT2D eigenvalue weighted by atomic mass is 10.0. The van der Waals surface area contributed by atoms with Gasteiger partial charge in [-0.05, 0) is 83.5 Å². The molecule has 2 aromatic carbocycles. The molecule has 3 amide bonds. The summed E-state index contributed by atoms with van der Waals surface area (Å²) in [5.74, 6) is -0.606. The molecule has 0 aliphatic carbocycles. The molecule has 0 aliphatic rings. The Hall–Kier alpha value is -3.59. The summed E-state index contributed by atoms with van der Waals surface area (Å²) in [5.41, 5.74) is 1.64. The zero-order chi connectivity index (χ0) is 28.5. The van der Waals surface area contributed by atoms with Crippen molar-refractivity contribution in [3.8, 4) is 5.75 Å². The van der Waals surface area contributed by atoms with Gasteiger partial charge in [-0.25, -0.2) is 9.59 Å². The number of hydrogen-bond acceptors (Lipinski definition) is 5. The summed E-state index contributed by atoms with van der Waals surface area (Å²) >= 11 is 0. The highest BCUT2D eigenvalue weighted by atomic mass is 16.5. The summed E-state index contributed by atoms with van der Waals surface area (Å²) in [4.78, 5) is 38.0. The Labute approximate surface area is 226 Å². The Morgan fingerprint density at radius 2 is 1.47 bits per heavy atom. The van der Waals surface area contributed by atoms with Crippen LogP contribution in [0.1, 0.15) is 57.5 Å².